The summed E-state index contributed by atoms with van der Waals surface area (Å²) in [5.74, 6) is 0.717. The zero-order valence-corrected chi connectivity index (χ0v) is 14.0. The lowest BCUT2D eigenvalue weighted by atomic mass is 10.0. The minimum Gasteiger partial charge on any atom is -0.444 e. The maximum Gasteiger partial charge on any atom is 0.407 e. The lowest BCUT2D eigenvalue weighted by molar-refractivity contribution is 0.0505. The molecule has 3 atom stereocenters. The van der Waals surface area contributed by atoms with Crippen molar-refractivity contribution in [1.82, 2.24) is 10.6 Å². The Morgan fingerprint density at radius 1 is 1.20 bits per heavy atom. The van der Waals surface area contributed by atoms with Gasteiger partial charge in [0.05, 0.1) is 0 Å². The highest BCUT2D eigenvalue weighted by Gasteiger charge is 2.28. The Hall–Kier alpha value is -0.770. The Kier molecular flexibility index (Phi) is 6.31. The van der Waals surface area contributed by atoms with E-state index in [1.807, 2.05) is 20.8 Å². The van der Waals surface area contributed by atoms with Gasteiger partial charge in [-0.15, -0.1) is 0 Å². The summed E-state index contributed by atoms with van der Waals surface area (Å²) >= 11 is 0. The van der Waals surface area contributed by atoms with E-state index in [4.69, 9.17) is 4.74 Å². The second-order valence-corrected chi connectivity index (χ2v) is 7.55. The van der Waals surface area contributed by atoms with Gasteiger partial charge >= 0.3 is 6.09 Å². The Morgan fingerprint density at radius 2 is 1.80 bits per heavy atom. The van der Waals surface area contributed by atoms with Crippen LogP contribution in [0.2, 0.25) is 0 Å². The van der Waals surface area contributed by atoms with Crippen LogP contribution in [-0.2, 0) is 4.74 Å². The summed E-state index contributed by atoms with van der Waals surface area (Å²) < 4.78 is 5.30. The van der Waals surface area contributed by atoms with E-state index in [9.17, 15) is 4.79 Å². The third kappa shape index (κ3) is 7.13. The average molecular weight is 284 g/mol. The maximum absolute atomic E-state index is 11.7. The number of nitrogens with one attached hydrogen (secondary N) is 2. The average Bonchev–Trinajstić information content (AvgIpc) is 2.60. The van der Waals surface area contributed by atoms with Gasteiger partial charge in [-0.25, -0.2) is 4.79 Å². The van der Waals surface area contributed by atoms with Gasteiger partial charge in [-0.05, 0) is 59.3 Å². The third-order valence-corrected chi connectivity index (χ3v) is 3.50. The Labute approximate surface area is 124 Å². The number of hydrogen-bond donors (Lipinski definition) is 2. The molecule has 3 unspecified atom stereocenters. The van der Waals surface area contributed by atoms with Crippen LogP contribution in [0, 0.1) is 5.92 Å². The normalized spacial score (nSPS) is 24.8. The van der Waals surface area contributed by atoms with Crippen molar-refractivity contribution in [2.45, 2.75) is 91.0 Å². The first-order valence-corrected chi connectivity index (χ1v) is 7.91. The Morgan fingerprint density at radius 3 is 2.35 bits per heavy atom. The summed E-state index contributed by atoms with van der Waals surface area (Å²) in [4.78, 5) is 11.7. The van der Waals surface area contributed by atoms with E-state index >= 15 is 0 Å². The minimum atomic E-state index is -0.424. The van der Waals surface area contributed by atoms with E-state index in [0.717, 1.165) is 25.2 Å². The predicted molar refractivity (Wildman–Crippen MR) is 82.8 cm³/mol. The molecule has 0 bridgehead atoms. The largest absolute Gasteiger partial charge is 0.444 e. The van der Waals surface area contributed by atoms with Crippen LogP contribution in [0.1, 0.15) is 67.2 Å². The molecule has 0 aromatic rings. The highest BCUT2D eigenvalue weighted by atomic mass is 16.6. The van der Waals surface area contributed by atoms with Crippen molar-refractivity contribution in [3.63, 3.8) is 0 Å². The summed E-state index contributed by atoms with van der Waals surface area (Å²) in [5.41, 5.74) is -0.424. The molecular weight excluding hydrogens is 252 g/mol. The fourth-order valence-electron chi connectivity index (χ4n) is 2.92. The molecule has 1 fully saturated rings. The minimum absolute atomic E-state index is 0.244. The zero-order chi connectivity index (χ0) is 15.3. The fraction of sp³-hybridized carbons (Fsp3) is 0.938. The van der Waals surface area contributed by atoms with Gasteiger partial charge in [-0.3, -0.25) is 0 Å². The van der Waals surface area contributed by atoms with Gasteiger partial charge in [-0.2, -0.15) is 0 Å². The molecule has 118 valence electrons. The van der Waals surface area contributed by atoms with Crippen molar-refractivity contribution in [3.05, 3.63) is 0 Å². The number of amides is 1. The van der Waals surface area contributed by atoms with Gasteiger partial charge in [0.2, 0.25) is 0 Å². The van der Waals surface area contributed by atoms with Crippen LogP contribution in [0.4, 0.5) is 4.79 Å². The standard InChI is InChI=1S/C16H32N2O2/c1-11(2)9-12(3)17-13-7-8-14(10-13)18-15(19)20-16(4,5)6/h11-14,17H,7-10H2,1-6H3,(H,18,19). The van der Waals surface area contributed by atoms with E-state index in [1.54, 1.807) is 0 Å². The van der Waals surface area contributed by atoms with Gasteiger partial charge in [0.1, 0.15) is 5.60 Å². The molecule has 1 amide bonds. The van der Waals surface area contributed by atoms with Crippen LogP contribution >= 0.6 is 0 Å². The van der Waals surface area contributed by atoms with Crippen molar-refractivity contribution in [2.75, 3.05) is 0 Å². The molecule has 1 rings (SSSR count). The number of alkyl carbamates (subject to hydrolysis) is 1. The van der Waals surface area contributed by atoms with Crippen LogP contribution in [0.3, 0.4) is 0 Å². The molecule has 0 spiro atoms. The number of ether oxygens (including phenoxy) is 1. The van der Waals surface area contributed by atoms with Gasteiger partial charge in [-0.1, -0.05) is 13.8 Å². The summed E-state index contributed by atoms with van der Waals surface area (Å²) in [7, 11) is 0. The summed E-state index contributed by atoms with van der Waals surface area (Å²) in [6.45, 7) is 12.4. The molecule has 0 aromatic heterocycles. The predicted octanol–water partition coefficient (Wildman–Crippen LogP) is 3.46. The van der Waals surface area contributed by atoms with Crippen LogP contribution in [0.15, 0.2) is 0 Å². The van der Waals surface area contributed by atoms with Gasteiger partial charge in [0, 0.05) is 18.1 Å². The fourth-order valence-corrected chi connectivity index (χ4v) is 2.92. The molecule has 0 saturated heterocycles. The molecule has 20 heavy (non-hydrogen) atoms. The van der Waals surface area contributed by atoms with E-state index in [-0.39, 0.29) is 12.1 Å². The van der Waals surface area contributed by atoms with E-state index in [1.165, 1.54) is 6.42 Å². The molecule has 0 aliphatic heterocycles. The molecule has 4 nitrogen and oxygen atoms in total. The van der Waals surface area contributed by atoms with Crippen LogP contribution in [0.5, 0.6) is 0 Å². The van der Waals surface area contributed by atoms with Gasteiger partial charge in [0.15, 0.2) is 0 Å². The monoisotopic (exact) mass is 284 g/mol. The lowest BCUT2D eigenvalue weighted by Gasteiger charge is -2.23. The maximum atomic E-state index is 11.7. The first kappa shape index (κ1) is 17.3. The molecule has 1 saturated carbocycles. The van der Waals surface area contributed by atoms with Crippen molar-refractivity contribution in [1.29, 1.82) is 0 Å². The first-order chi connectivity index (χ1) is 9.15. The third-order valence-electron chi connectivity index (χ3n) is 3.50. The van der Waals surface area contributed by atoms with Crippen molar-refractivity contribution in [3.8, 4) is 0 Å². The summed E-state index contributed by atoms with van der Waals surface area (Å²) in [5, 5.41) is 6.65. The zero-order valence-electron chi connectivity index (χ0n) is 14.0. The smallest absolute Gasteiger partial charge is 0.407 e. The van der Waals surface area contributed by atoms with Crippen molar-refractivity contribution < 1.29 is 9.53 Å². The molecule has 0 aromatic carbocycles. The number of carbonyl (C=O) groups is 1. The van der Waals surface area contributed by atoms with Crippen LogP contribution < -0.4 is 10.6 Å². The lowest BCUT2D eigenvalue weighted by Crippen LogP contribution is -2.40. The van der Waals surface area contributed by atoms with E-state index in [2.05, 4.69) is 31.4 Å². The second kappa shape index (κ2) is 7.30. The van der Waals surface area contributed by atoms with Crippen molar-refractivity contribution >= 4 is 6.09 Å². The molecule has 4 heteroatoms. The highest BCUT2D eigenvalue weighted by molar-refractivity contribution is 5.68. The molecule has 1 aliphatic rings. The molecular formula is C16H32N2O2. The summed E-state index contributed by atoms with van der Waals surface area (Å²) in [6, 6.07) is 1.30. The molecule has 0 radical (unpaired) electrons. The topological polar surface area (TPSA) is 50.4 Å². The first-order valence-electron chi connectivity index (χ1n) is 7.91. The number of hydrogen-bond acceptors (Lipinski definition) is 3. The van der Waals surface area contributed by atoms with E-state index < -0.39 is 5.60 Å². The number of carbonyl (C=O) groups excluding carboxylic acids is 1. The molecule has 2 N–H and O–H groups in total. The Bertz CT molecular complexity index is 310. The van der Waals surface area contributed by atoms with Gasteiger partial charge in [0.25, 0.3) is 0 Å². The SMILES string of the molecule is CC(C)CC(C)NC1CCC(NC(=O)OC(C)(C)C)C1. The quantitative estimate of drug-likeness (QED) is 0.813. The number of rotatable bonds is 5. The van der Waals surface area contributed by atoms with Gasteiger partial charge < -0.3 is 15.4 Å². The molecule has 1 aliphatic carbocycles. The van der Waals surface area contributed by atoms with Crippen LogP contribution in [-0.4, -0.2) is 29.8 Å². The van der Waals surface area contributed by atoms with Crippen LogP contribution in [0.25, 0.3) is 0 Å². The summed E-state index contributed by atoms with van der Waals surface area (Å²) in [6.07, 6.45) is 4.06. The Balaban J connectivity index is 2.28. The van der Waals surface area contributed by atoms with Crippen molar-refractivity contribution in [2.24, 2.45) is 5.92 Å². The van der Waals surface area contributed by atoms with E-state index in [0.29, 0.717) is 12.1 Å². The highest BCUT2D eigenvalue weighted by Crippen LogP contribution is 2.21. The molecule has 0 heterocycles. The second-order valence-electron chi connectivity index (χ2n) is 7.55.